The van der Waals surface area contributed by atoms with E-state index in [1.165, 1.54) is 30.7 Å². The molecule has 2 fully saturated rings. The van der Waals surface area contributed by atoms with Crippen LogP contribution >= 0.6 is 11.3 Å². The van der Waals surface area contributed by atoms with Crippen LogP contribution in [0.25, 0.3) is 0 Å². The first-order valence-corrected chi connectivity index (χ1v) is 7.22. The molecule has 0 aromatic carbocycles. The molecule has 2 aliphatic rings. The number of hydrogen-bond donors (Lipinski definition) is 1. The second-order valence-corrected chi connectivity index (χ2v) is 6.20. The van der Waals surface area contributed by atoms with Gasteiger partial charge in [-0.25, -0.2) is 0 Å². The van der Waals surface area contributed by atoms with E-state index in [-0.39, 0.29) is 0 Å². The maximum absolute atomic E-state index is 3.70. The van der Waals surface area contributed by atoms with Gasteiger partial charge in [0.15, 0.2) is 0 Å². The fraction of sp³-hybridized carbons (Fsp3) is 0.692. The molecule has 0 bridgehead atoms. The zero-order valence-corrected chi connectivity index (χ0v) is 10.7. The second-order valence-electron chi connectivity index (χ2n) is 5.17. The van der Waals surface area contributed by atoms with Gasteiger partial charge in [0, 0.05) is 36.1 Å². The van der Waals surface area contributed by atoms with E-state index in [9.17, 15) is 0 Å². The van der Waals surface area contributed by atoms with Crippen molar-refractivity contribution in [1.82, 2.24) is 10.2 Å². The van der Waals surface area contributed by atoms with Gasteiger partial charge in [0.2, 0.25) is 0 Å². The first-order chi connectivity index (χ1) is 7.83. The summed E-state index contributed by atoms with van der Waals surface area (Å²) in [6, 6.07) is 6.76. The molecule has 0 spiro atoms. The molecule has 1 aliphatic carbocycles. The predicted octanol–water partition coefficient (Wildman–Crippen LogP) is 2.46. The molecule has 2 nitrogen and oxygen atoms in total. The number of hydrogen-bond acceptors (Lipinski definition) is 3. The van der Waals surface area contributed by atoms with Crippen LogP contribution in [0.15, 0.2) is 17.5 Å². The van der Waals surface area contributed by atoms with E-state index in [1.807, 2.05) is 11.3 Å². The topological polar surface area (TPSA) is 15.3 Å². The van der Waals surface area contributed by atoms with Gasteiger partial charge in [-0.1, -0.05) is 6.07 Å². The molecule has 16 heavy (non-hydrogen) atoms. The van der Waals surface area contributed by atoms with E-state index in [0.717, 1.165) is 18.6 Å². The zero-order valence-electron chi connectivity index (χ0n) is 9.86. The fourth-order valence-corrected chi connectivity index (χ4v) is 3.43. The molecule has 3 rings (SSSR count). The Balaban J connectivity index is 1.49. The highest BCUT2D eigenvalue weighted by Crippen LogP contribution is 2.33. The zero-order chi connectivity index (χ0) is 11.0. The highest BCUT2D eigenvalue weighted by Gasteiger charge is 2.38. The number of nitrogens with zero attached hydrogens (tertiary/aromatic N) is 1. The Morgan fingerprint density at radius 3 is 3.06 bits per heavy atom. The van der Waals surface area contributed by atoms with Crippen LogP contribution in [0.1, 0.15) is 31.1 Å². The minimum Gasteiger partial charge on any atom is -0.308 e. The summed E-state index contributed by atoms with van der Waals surface area (Å²) in [5.41, 5.74) is 0. The molecule has 2 heterocycles. The Hall–Kier alpha value is -0.380. The molecular weight excluding hydrogens is 216 g/mol. The summed E-state index contributed by atoms with van der Waals surface area (Å²) in [5.74, 6) is 0. The molecule has 88 valence electrons. The highest BCUT2D eigenvalue weighted by molar-refractivity contribution is 7.09. The molecule has 0 radical (unpaired) electrons. The molecule has 1 aromatic rings. The third-order valence-electron chi connectivity index (χ3n) is 3.78. The molecule has 1 aliphatic heterocycles. The van der Waals surface area contributed by atoms with Gasteiger partial charge < -0.3 is 5.32 Å². The van der Waals surface area contributed by atoms with Crippen LogP contribution in [0.2, 0.25) is 0 Å². The van der Waals surface area contributed by atoms with E-state index in [2.05, 4.69) is 34.7 Å². The SMILES string of the molecule is CC1CC(NCc2cccs2)CN1C1CC1. The van der Waals surface area contributed by atoms with Crippen molar-refractivity contribution in [3.8, 4) is 0 Å². The predicted molar refractivity (Wildman–Crippen MR) is 68.8 cm³/mol. The van der Waals surface area contributed by atoms with E-state index in [0.29, 0.717) is 6.04 Å². The Kier molecular flexibility index (Phi) is 3.01. The van der Waals surface area contributed by atoms with Crippen LogP contribution in [0.3, 0.4) is 0 Å². The number of nitrogens with one attached hydrogen (secondary N) is 1. The summed E-state index contributed by atoms with van der Waals surface area (Å²) in [6.07, 6.45) is 4.19. The lowest BCUT2D eigenvalue weighted by molar-refractivity contribution is 0.255. The van der Waals surface area contributed by atoms with Crippen molar-refractivity contribution in [2.75, 3.05) is 6.54 Å². The van der Waals surface area contributed by atoms with E-state index >= 15 is 0 Å². The first kappa shape index (κ1) is 10.8. The van der Waals surface area contributed by atoms with Gasteiger partial charge in [0.25, 0.3) is 0 Å². The Bertz CT molecular complexity index is 332. The maximum Gasteiger partial charge on any atom is 0.0302 e. The number of thiophene rings is 1. The van der Waals surface area contributed by atoms with E-state index in [1.54, 1.807) is 0 Å². The minimum absolute atomic E-state index is 0.706. The molecule has 0 amide bonds. The lowest BCUT2D eigenvalue weighted by Crippen LogP contribution is -2.33. The second kappa shape index (κ2) is 4.47. The minimum atomic E-state index is 0.706. The van der Waals surface area contributed by atoms with Crippen LogP contribution in [-0.2, 0) is 6.54 Å². The monoisotopic (exact) mass is 236 g/mol. The van der Waals surface area contributed by atoms with Crippen LogP contribution in [-0.4, -0.2) is 29.6 Å². The molecule has 3 heteroatoms. The van der Waals surface area contributed by atoms with Crippen molar-refractivity contribution in [1.29, 1.82) is 0 Å². The quantitative estimate of drug-likeness (QED) is 0.864. The number of rotatable bonds is 4. The van der Waals surface area contributed by atoms with Crippen molar-refractivity contribution in [2.45, 2.75) is 50.9 Å². The molecule has 2 atom stereocenters. The van der Waals surface area contributed by atoms with Crippen LogP contribution < -0.4 is 5.32 Å². The van der Waals surface area contributed by atoms with Crippen LogP contribution in [0, 0.1) is 0 Å². The standard InChI is InChI=1S/C13H20N2S/c1-10-7-11(9-15(10)12-4-5-12)14-8-13-3-2-6-16-13/h2-3,6,10-12,14H,4-5,7-9H2,1H3. The lowest BCUT2D eigenvalue weighted by atomic mass is 10.2. The summed E-state index contributed by atoms with van der Waals surface area (Å²) >= 11 is 1.85. The third kappa shape index (κ3) is 2.31. The summed E-state index contributed by atoms with van der Waals surface area (Å²) < 4.78 is 0. The maximum atomic E-state index is 3.70. The molecule has 1 saturated heterocycles. The van der Waals surface area contributed by atoms with Gasteiger partial charge in [-0.05, 0) is 37.6 Å². The molecule has 1 saturated carbocycles. The summed E-state index contributed by atoms with van der Waals surface area (Å²) in [7, 11) is 0. The third-order valence-corrected chi connectivity index (χ3v) is 4.66. The van der Waals surface area contributed by atoms with Crippen molar-refractivity contribution < 1.29 is 0 Å². The van der Waals surface area contributed by atoms with E-state index < -0.39 is 0 Å². The van der Waals surface area contributed by atoms with Gasteiger partial charge in [-0.3, -0.25) is 4.90 Å². The van der Waals surface area contributed by atoms with E-state index in [4.69, 9.17) is 0 Å². The van der Waals surface area contributed by atoms with Crippen molar-refractivity contribution in [3.63, 3.8) is 0 Å². The van der Waals surface area contributed by atoms with Gasteiger partial charge >= 0.3 is 0 Å². The molecule has 1 N–H and O–H groups in total. The molecular formula is C13H20N2S. The highest BCUT2D eigenvalue weighted by atomic mass is 32.1. The van der Waals surface area contributed by atoms with Crippen LogP contribution in [0.5, 0.6) is 0 Å². The average molecular weight is 236 g/mol. The molecule has 2 unspecified atom stereocenters. The smallest absolute Gasteiger partial charge is 0.0302 e. The van der Waals surface area contributed by atoms with Gasteiger partial charge in [0.05, 0.1) is 0 Å². The summed E-state index contributed by atoms with van der Waals surface area (Å²) in [5, 5.41) is 5.85. The largest absolute Gasteiger partial charge is 0.308 e. The molecule has 1 aromatic heterocycles. The van der Waals surface area contributed by atoms with Crippen molar-refractivity contribution in [2.24, 2.45) is 0 Å². The first-order valence-electron chi connectivity index (χ1n) is 6.34. The summed E-state index contributed by atoms with van der Waals surface area (Å²) in [6.45, 7) is 4.69. The Labute approximate surface area is 102 Å². The average Bonchev–Trinajstić information content (AvgIpc) is 2.85. The van der Waals surface area contributed by atoms with Gasteiger partial charge in [-0.2, -0.15) is 0 Å². The van der Waals surface area contributed by atoms with Crippen LogP contribution in [0.4, 0.5) is 0 Å². The van der Waals surface area contributed by atoms with Crippen molar-refractivity contribution in [3.05, 3.63) is 22.4 Å². The van der Waals surface area contributed by atoms with Gasteiger partial charge in [-0.15, -0.1) is 11.3 Å². The fourth-order valence-electron chi connectivity index (χ4n) is 2.78. The lowest BCUT2D eigenvalue weighted by Gasteiger charge is -2.19. The van der Waals surface area contributed by atoms with Gasteiger partial charge in [0.1, 0.15) is 0 Å². The number of likely N-dealkylation sites (tertiary alicyclic amines) is 1. The summed E-state index contributed by atoms with van der Waals surface area (Å²) in [4.78, 5) is 4.16. The Morgan fingerprint density at radius 2 is 2.38 bits per heavy atom. The normalized spacial score (nSPS) is 31.1. The Morgan fingerprint density at radius 1 is 1.50 bits per heavy atom. The van der Waals surface area contributed by atoms with Crippen molar-refractivity contribution >= 4 is 11.3 Å².